The lowest BCUT2D eigenvalue weighted by molar-refractivity contribution is -0.116. The molecule has 100 valence electrons. The van der Waals surface area contributed by atoms with Gasteiger partial charge >= 0.3 is 0 Å². The van der Waals surface area contributed by atoms with E-state index in [0.717, 1.165) is 22.2 Å². The minimum atomic E-state index is 0.275. The van der Waals surface area contributed by atoms with Crippen molar-refractivity contribution in [3.63, 3.8) is 0 Å². The Bertz CT molecular complexity index is 407. The fourth-order valence-corrected chi connectivity index (χ4v) is 2.85. The molecule has 0 aliphatic heterocycles. The van der Waals surface area contributed by atoms with E-state index in [1.165, 1.54) is 0 Å². The van der Waals surface area contributed by atoms with Crippen molar-refractivity contribution in [2.75, 3.05) is 12.9 Å². The second kappa shape index (κ2) is 7.85. The Morgan fingerprint density at radius 1 is 1.50 bits per heavy atom. The van der Waals surface area contributed by atoms with Gasteiger partial charge in [-0.15, -0.1) is 0 Å². The van der Waals surface area contributed by atoms with Crippen molar-refractivity contribution in [1.29, 1.82) is 0 Å². The van der Waals surface area contributed by atoms with Gasteiger partial charge in [-0.05, 0) is 40.0 Å². The number of carbonyl (C=O) groups excluding carboxylic acids is 1. The molecule has 1 unspecified atom stereocenters. The van der Waals surface area contributed by atoms with Crippen LogP contribution >= 0.6 is 27.7 Å². The number of hydrogen-bond acceptors (Lipinski definition) is 3. The summed E-state index contributed by atoms with van der Waals surface area (Å²) in [5.74, 6) is 1.66. The highest BCUT2D eigenvalue weighted by molar-refractivity contribution is 9.10. The van der Waals surface area contributed by atoms with Crippen LogP contribution < -0.4 is 4.74 Å². The maximum Gasteiger partial charge on any atom is 0.147 e. The molecule has 18 heavy (non-hydrogen) atoms. The standard InChI is InChI=1S/C14H19BrO2S/c1-4-10(2)18-9-12(16)7-11-5-6-14(17-3)13(15)8-11/h5-6,8,10H,4,7,9H2,1-3H3. The van der Waals surface area contributed by atoms with Gasteiger partial charge in [0.25, 0.3) is 0 Å². The van der Waals surface area contributed by atoms with Crippen LogP contribution in [0.1, 0.15) is 25.8 Å². The number of hydrogen-bond donors (Lipinski definition) is 0. The van der Waals surface area contributed by atoms with Gasteiger partial charge in [-0.25, -0.2) is 0 Å². The Morgan fingerprint density at radius 3 is 2.78 bits per heavy atom. The van der Waals surface area contributed by atoms with Crippen molar-refractivity contribution >= 4 is 33.5 Å². The number of halogens is 1. The van der Waals surface area contributed by atoms with Crippen molar-refractivity contribution in [2.45, 2.75) is 31.9 Å². The Labute approximate surface area is 122 Å². The van der Waals surface area contributed by atoms with Crippen molar-refractivity contribution in [1.82, 2.24) is 0 Å². The van der Waals surface area contributed by atoms with E-state index in [9.17, 15) is 4.79 Å². The normalized spacial score (nSPS) is 12.2. The molecule has 0 heterocycles. The molecule has 0 amide bonds. The first-order valence-corrected chi connectivity index (χ1v) is 7.86. The lowest BCUT2D eigenvalue weighted by Gasteiger charge is -2.08. The van der Waals surface area contributed by atoms with E-state index in [2.05, 4.69) is 29.8 Å². The molecule has 0 fully saturated rings. The zero-order valence-corrected chi connectivity index (χ0v) is 13.4. The summed E-state index contributed by atoms with van der Waals surface area (Å²) < 4.78 is 6.06. The Morgan fingerprint density at radius 2 is 2.22 bits per heavy atom. The average Bonchev–Trinajstić information content (AvgIpc) is 2.36. The Kier molecular flexibility index (Phi) is 6.79. The number of ketones is 1. The molecule has 0 aliphatic rings. The third-order valence-electron chi connectivity index (χ3n) is 2.72. The van der Waals surface area contributed by atoms with Crippen LogP contribution in [0, 0.1) is 0 Å². The molecular formula is C14H19BrO2S. The van der Waals surface area contributed by atoms with Gasteiger partial charge in [0.2, 0.25) is 0 Å². The van der Waals surface area contributed by atoms with E-state index in [4.69, 9.17) is 4.74 Å². The van der Waals surface area contributed by atoms with Crippen LogP contribution in [0.3, 0.4) is 0 Å². The maximum atomic E-state index is 11.8. The molecule has 0 saturated carbocycles. The first-order valence-electron chi connectivity index (χ1n) is 6.02. The van der Waals surface area contributed by atoms with Crippen LogP contribution in [-0.4, -0.2) is 23.9 Å². The zero-order valence-electron chi connectivity index (χ0n) is 11.0. The molecule has 0 spiro atoms. The average molecular weight is 331 g/mol. The van der Waals surface area contributed by atoms with Crippen LogP contribution in [-0.2, 0) is 11.2 Å². The van der Waals surface area contributed by atoms with Gasteiger partial charge < -0.3 is 4.74 Å². The fourth-order valence-electron chi connectivity index (χ4n) is 1.45. The summed E-state index contributed by atoms with van der Waals surface area (Å²) in [7, 11) is 1.63. The number of rotatable bonds is 7. The number of methoxy groups -OCH3 is 1. The largest absolute Gasteiger partial charge is 0.496 e. The number of thioether (sulfide) groups is 1. The summed E-state index contributed by atoms with van der Waals surface area (Å²) in [4.78, 5) is 11.8. The topological polar surface area (TPSA) is 26.3 Å². The second-order valence-corrected chi connectivity index (χ2v) is 6.50. The van der Waals surface area contributed by atoms with E-state index in [0.29, 0.717) is 17.4 Å². The smallest absolute Gasteiger partial charge is 0.147 e. The summed E-state index contributed by atoms with van der Waals surface area (Å²) in [6.07, 6.45) is 1.60. The molecule has 0 N–H and O–H groups in total. The maximum absolute atomic E-state index is 11.8. The monoisotopic (exact) mass is 330 g/mol. The molecule has 0 saturated heterocycles. The molecule has 0 aromatic heterocycles. The highest BCUT2D eigenvalue weighted by Gasteiger charge is 2.08. The highest BCUT2D eigenvalue weighted by Crippen LogP contribution is 2.26. The predicted octanol–water partition coefficient (Wildman–Crippen LogP) is 4.10. The summed E-state index contributed by atoms with van der Waals surface area (Å²) >= 11 is 5.16. The minimum Gasteiger partial charge on any atom is -0.496 e. The Hall–Kier alpha value is -0.480. The number of benzene rings is 1. The molecule has 1 aromatic carbocycles. The van der Waals surface area contributed by atoms with Crippen molar-refractivity contribution in [2.24, 2.45) is 0 Å². The molecule has 1 atom stereocenters. The number of Topliss-reactive ketones (excluding diaryl/α,β-unsaturated/α-hetero) is 1. The van der Waals surface area contributed by atoms with Gasteiger partial charge in [0.1, 0.15) is 11.5 Å². The predicted molar refractivity (Wildman–Crippen MR) is 81.6 cm³/mol. The van der Waals surface area contributed by atoms with Crippen LogP contribution in [0.2, 0.25) is 0 Å². The van der Waals surface area contributed by atoms with E-state index in [-0.39, 0.29) is 5.78 Å². The molecule has 2 nitrogen and oxygen atoms in total. The van der Waals surface area contributed by atoms with Crippen molar-refractivity contribution < 1.29 is 9.53 Å². The SMILES string of the molecule is CCC(C)SCC(=O)Cc1ccc(OC)c(Br)c1. The molecule has 0 bridgehead atoms. The lowest BCUT2D eigenvalue weighted by atomic mass is 10.1. The van der Waals surface area contributed by atoms with Crippen LogP contribution in [0.15, 0.2) is 22.7 Å². The van der Waals surface area contributed by atoms with Crippen LogP contribution in [0.25, 0.3) is 0 Å². The van der Waals surface area contributed by atoms with E-state index < -0.39 is 0 Å². The van der Waals surface area contributed by atoms with E-state index in [1.807, 2.05) is 18.2 Å². The number of ether oxygens (including phenoxy) is 1. The first-order chi connectivity index (χ1) is 8.56. The summed E-state index contributed by atoms with van der Waals surface area (Å²) in [6.45, 7) is 4.30. The summed E-state index contributed by atoms with van der Waals surface area (Å²) in [6, 6.07) is 5.77. The molecule has 4 heteroatoms. The van der Waals surface area contributed by atoms with Gasteiger partial charge in [0.15, 0.2) is 0 Å². The minimum absolute atomic E-state index is 0.275. The van der Waals surface area contributed by atoms with Gasteiger partial charge in [-0.1, -0.05) is 19.9 Å². The van der Waals surface area contributed by atoms with E-state index >= 15 is 0 Å². The third-order valence-corrected chi connectivity index (χ3v) is 4.73. The summed E-state index contributed by atoms with van der Waals surface area (Å²) in [5, 5.41) is 0.552. The quantitative estimate of drug-likeness (QED) is 0.752. The van der Waals surface area contributed by atoms with Crippen molar-refractivity contribution in [3.8, 4) is 5.75 Å². The van der Waals surface area contributed by atoms with Gasteiger partial charge in [0.05, 0.1) is 17.3 Å². The van der Waals surface area contributed by atoms with Gasteiger partial charge in [-0.3, -0.25) is 4.79 Å². The zero-order chi connectivity index (χ0) is 13.5. The summed E-state index contributed by atoms with van der Waals surface area (Å²) in [5.41, 5.74) is 1.03. The molecule has 1 rings (SSSR count). The van der Waals surface area contributed by atoms with Crippen LogP contribution in [0.4, 0.5) is 0 Å². The first kappa shape index (κ1) is 15.6. The third kappa shape index (κ3) is 5.02. The van der Waals surface area contributed by atoms with E-state index in [1.54, 1.807) is 18.9 Å². The van der Waals surface area contributed by atoms with Gasteiger partial charge in [-0.2, -0.15) is 11.8 Å². The molecule has 1 aromatic rings. The second-order valence-electron chi connectivity index (χ2n) is 4.21. The Balaban J connectivity index is 2.52. The van der Waals surface area contributed by atoms with Crippen molar-refractivity contribution in [3.05, 3.63) is 28.2 Å². The van der Waals surface area contributed by atoms with Gasteiger partial charge in [0, 0.05) is 11.7 Å². The lowest BCUT2D eigenvalue weighted by Crippen LogP contribution is -2.08. The molecular weight excluding hydrogens is 312 g/mol. The highest BCUT2D eigenvalue weighted by atomic mass is 79.9. The fraction of sp³-hybridized carbons (Fsp3) is 0.500. The number of carbonyl (C=O) groups is 1. The molecule has 0 aliphatic carbocycles. The van der Waals surface area contributed by atoms with Crippen LogP contribution in [0.5, 0.6) is 5.75 Å². The molecule has 0 radical (unpaired) electrons.